The van der Waals surface area contributed by atoms with Gasteiger partial charge in [0.15, 0.2) is 0 Å². The molecule has 0 unspecified atom stereocenters. The standard InChI is InChI=1S/C9H11FINO2/c1-13-4-5-14-6-7-8(11)2-3-12-9(7)10/h2-3H,4-6H2,1H3. The van der Waals surface area contributed by atoms with E-state index in [4.69, 9.17) is 9.47 Å². The Kier molecular flexibility index (Phi) is 5.28. The molecular formula is C9H11FINO2. The Morgan fingerprint density at radius 2 is 2.29 bits per heavy atom. The van der Waals surface area contributed by atoms with E-state index >= 15 is 0 Å². The molecule has 1 aromatic rings. The molecule has 0 radical (unpaired) electrons. The summed E-state index contributed by atoms with van der Waals surface area (Å²) in [6.45, 7) is 1.21. The van der Waals surface area contributed by atoms with Crippen LogP contribution in [0.2, 0.25) is 0 Å². The summed E-state index contributed by atoms with van der Waals surface area (Å²) in [7, 11) is 1.60. The number of rotatable bonds is 5. The van der Waals surface area contributed by atoms with Crippen molar-refractivity contribution in [3.8, 4) is 0 Å². The summed E-state index contributed by atoms with van der Waals surface area (Å²) in [4.78, 5) is 3.56. The number of aromatic nitrogens is 1. The molecule has 0 fully saturated rings. The van der Waals surface area contributed by atoms with Crippen molar-refractivity contribution in [2.45, 2.75) is 6.61 Å². The molecule has 0 atom stereocenters. The SMILES string of the molecule is COCCOCc1c(I)ccnc1F. The van der Waals surface area contributed by atoms with Crippen molar-refractivity contribution in [1.82, 2.24) is 4.98 Å². The van der Waals surface area contributed by atoms with Crippen molar-refractivity contribution >= 4 is 22.6 Å². The predicted molar refractivity (Wildman–Crippen MR) is 58.4 cm³/mol. The topological polar surface area (TPSA) is 31.4 Å². The largest absolute Gasteiger partial charge is 0.382 e. The first-order chi connectivity index (χ1) is 6.75. The Bertz CT molecular complexity index is 276. The van der Waals surface area contributed by atoms with Crippen molar-refractivity contribution in [2.24, 2.45) is 0 Å². The van der Waals surface area contributed by atoms with Crippen LogP contribution >= 0.6 is 22.6 Å². The van der Waals surface area contributed by atoms with Crippen LogP contribution in [0.15, 0.2) is 12.3 Å². The molecule has 5 heteroatoms. The average molecular weight is 311 g/mol. The lowest BCUT2D eigenvalue weighted by atomic mass is 10.3. The van der Waals surface area contributed by atoms with Crippen LogP contribution in [0.25, 0.3) is 0 Å². The smallest absolute Gasteiger partial charge is 0.219 e. The number of halogens is 2. The van der Waals surface area contributed by atoms with Crippen molar-refractivity contribution in [3.05, 3.63) is 27.3 Å². The molecule has 0 spiro atoms. The van der Waals surface area contributed by atoms with Gasteiger partial charge in [0.05, 0.1) is 19.8 Å². The highest BCUT2D eigenvalue weighted by Gasteiger charge is 2.07. The van der Waals surface area contributed by atoms with Crippen LogP contribution in [0.1, 0.15) is 5.56 Å². The molecule has 0 saturated carbocycles. The molecule has 0 aliphatic rings. The van der Waals surface area contributed by atoms with Gasteiger partial charge >= 0.3 is 0 Å². The van der Waals surface area contributed by atoms with E-state index in [0.717, 1.165) is 3.57 Å². The van der Waals surface area contributed by atoms with Crippen LogP contribution in [-0.4, -0.2) is 25.3 Å². The number of hydrogen-bond acceptors (Lipinski definition) is 3. The monoisotopic (exact) mass is 311 g/mol. The van der Waals surface area contributed by atoms with Gasteiger partial charge < -0.3 is 9.47 Å². The van der Waals surface area contributed by atoms with Gasteiger partial charge in [-0.1, -0.05) is 0 Å². The molecule has 0 bridgehead atoms. The molecule has 0 aliphatic heterocycles. The second-order valence-corrected chi connectivity index (χ2v) is 3.77. The first-order valence-corrected chi connectivity index (χ1v) is 5.19. The van der Waals surface area contributed by atoms with Gasteiger partial charge in [0.2, 0.25) is 5.95 Å². The van der Waals surface area contributed by atoms with Gasteiger partial charge in [-0.3, -0.25) is 0 Å². The Hall–Kier alpha value is -0.270. The van der Waals surface area contributed by atoms with Crippen LogP contribution in [0.5, 0.6) is 0 Å². The molecule has 0 aliphatic carbocycles. The van der Waals surface area contributed by atoms with E-state index in [1.165, 1.54) is 6.20 Å². The molecule has 14 heavy (non-hydrogen) atoms. The summed E-state index contributed by atoms with van der Waals surface area (Å²) in [6, 6.07) is 1.75. The maximum Gasteiger partial charge on any atom is 0.219 e. The van der Waals surface area contributed by atoms with E-state index in [9.17, 15) is 4.39 Å². The van der Waals surface area contributed by atoms with Gasteiger partial charge in [0.25, 0.3) is 0 Å². The highest BCUT2D eigenvalue weighted by molar-refractivity contribution is 14.1. The van der Waals surface area contributed by atoms with Gasteiger partial charge in [-0.25, -0.2) is 4.98 Å². The lowest BCUT2D eigenvalue weighted by molar-refractivity contribution is 0.0598. The molecule has 78 valence electrons. The minimum absolute atomic E-state index is 0.237. The number of nitrogens with zero attached hydrogens (tertiary/aromatic N) is 1. The molecule has 0 aromatic carbocycles. The molecule has 1 aromatic heterocycles. The molecule has 1 rings (SSSR count). The van der Waals surface area contributed by atoms with Crippen molar-refractivity contribution in [2.75, 3.05) is 20.3 Å². The Labute approximate surface area is 95.8 Å². The van der Waals surface area contributed by atoms with E-state index in [2.05, 4.69) is 27.6 Å². The normalized spacial score (nSPS) is 10.5. The third-order valence-corrected chi connectivity index (χ3v) is 2.63. The zero-order chi connectivity index (χ0) is 10.4. The average Bonchev–Trinajstić information content (AvgIpc) is 2.16. The molecule has 0 amide bonds. The van der Waals surface area contributed by atoms with Crippen LogP contribution < -0.4 is 0 Å². The molecular weight excluding hydrogens is 300 g/mol. The maximum absolute atomic E-state index is 13.1. The molecule has 3 nitrogen and oxygen atoms in total. The van der Waals surface area contributed by atoms with Crippen molar-refractivity contribution < 1.29 is 13.9 Å². The van der Waals surface area contributed by atoms with E-state index < -0.39 is 5.95 Å². The fourth-order valence-corrected chi connectivity index (χ4v) is 1.43. The minimum atomic E-state index is -0.464. The first kappa shape index (κ1) is 11.8. The number of methoxy groups -OCH3 is 1. The molecule has 0 saturated heterocycles. The summed E-state index contributed by atoms with van der Waals surface area (Å²) in [5, 5.41) is 0. The van der Waals surface area contributed by atoms with Gasteiger partial charge in [0, 0.05) is 22.4 Å². The Balaban J connectivity index is 2.49. The number of ether oxygens (including phenoxy) is 2. The summed E-state index contributed by atoms with van der Waals surface area (Å²) < 4.78 is 24.0. The quantitative estimate of drug-likeness (QED) is 0.473. The van der Waals surface area contributed by atoms with E-state index in [-0.39, 0.29) is 6.61 Å². The predicted octanol–water partition coefficient (Wildman–Crippen LogP) is 1.99. The molecule has 0 N–H and O–H groups in total. The lowest BCUT2D eigenvalue weighted by Crippen LogP contribution is -2.05. The zero-order valence-electron chi connectivity index (χ0n) is 7.80. The highest BCUT2D eigenvalue weighted by Crippen LogP contribution is 2.14. The van der Waals surface area contributed by atoms with Crippen molar-refractivity contribution in [1.29, 1.82) is 0 Å². The summed E-state index contributed by atoms with van der Waals surface area (Å²) in [6.07, 6.45) is 1.44. The summed E-state index contributed by atoms with van der Waals surface area (Å²) >= 11 is 2.06. The van der Waals surface area contributed by atoms with E-state index in [0.29, 0.717) is 18.8 Å². The summed E-state index contributed by atoms with van der Waals surface area (Å²) in [5.74, 6) is -0.464. The fourth-order valence-electron chi connectivity index (χ4n) is 0.890. The second kappa shape index (κ2) is 6.26. The zero-order valence-corrected chi connectivity index (χ0v) is 9.95. The Morgan fingerprint density at radius 3 is 2.93 bits per heavy atom. The van der Waals surface area contributed by atoms with Crippen LogP contribution in [0.4, 0.5) is 4.39 Å². The van der Waals surface area contributed by atoms with E-state index in [1.54, 1.807) is 13.2 Å². The third kappa shape index (κ3) is 3.47. The minimum Gasteiger partial charge on any atom is -0.382 e. The fraction of sp³-hybridized carbons (Fsp3) is 0.444. The maximum atomic E-state index is 13.1. The van der Waals surface area contributed by atoms with E-state index in [1.807, 2.05) is 0 Å². The van der Waals surface area contributed by atoms with Gasteiger partial charge in [0.1, 0.15) is 0 Å². The van der Waals surface area contributed by atoms with Gasteiger partial charge in [-0.15, -0.1) is 0 Å². The molecule has 1 heterocycles. The lowest BCUT2D eigenvalue weighted by Gasteiger charge is -2.05. The second-order valence-electron chi connectivity index (χ2n) is 2.61. The van der Waals surface area contributed by atoms with Crippen LogP contribution in [-0.2, 0) is 16.1 Å². The van der Waals surface area contributed by atoms with Gasteiger partial charge in [-0.2, -0.15) is 4.39 Å². The van der Waals surface area contributed by atoms with Crippen LogP contribution in [0, 0.1) is 9.52 Å². The van der Waals surface area contributed by atoms with Crippen LogP contribution in [0.3, 0.4) is 0 Å². The van der Waals surface area contributed by atoms with Gasteiger partial charge in [-0.05, 0) is 28.7 Å². The number of pyridine rings is 1. The third-order valence-electron chi connectivity index (χ3n) is 1.62. The first-order valence-electron chi connectivity index (χ1n) is 4.11. The highest BCUT2D eigenvalue weighted by atomic mass is 127. The van der Waals surface area contributed by atoms with Crippen molar-refractivity contribution in [3.63, 3.8) is 0 Å². The number of hydrogen-bond donors (Lipinski definition) is 0. The summed E-state index contributed by atoms with van der Waals surface area (Å²) in [5.41, 5.74) is 0.504. The Morgan fingerprint density at radius 1 is 1.50 bits per heavy atom.